The Morgan fingerprint density at radius 3 is 2.83 bits per heavy atom. The van der Waals surface area contributed by atoms with Gasteiger partial charge in [-0.2, -0.15) is 0 Å². The Hall–Kier alpha value is -0.740. The highest BCUT2D eigenvalue weighted by Crippen LogP contribution is 2.13. The summed E-state index contributed by atoms with van der Waals surface area (Å²) in [4.78, 5) is 7.88. The monoisotopic (exact) mass is 202 g/mol. The molecule has 0 bridgehead atoms. The molecule has 0 fully saturated rings. The molecule has 0 aliphatic carbocycles. The smallest absolute Gasteiger partial charge is 0.195 e. The van der Waals surface area contributed by atoms with Gasteiger partial charge in [0.25, 0.3) is 0 Å². The number of halogens is 1. The van der Waals surface area contributed by atoms with Crippen LogP contribution in [0.3, 0.4) is 0 Å². The summed E-state index contributed by atoms with van der Waals surface area (Å²) in [5, 5.41) is 0.634. The molecule has 0 N–H and O–H groups in total. The number of hydrogen-bond donors (Lipinski definition) is 0. The van der Waals surface area contributed by atoms with Crippen molar-refractivity contribution in [3.63, 3.8) is 0 Å². The van der Waals surface area contributed by atoms with E-state index in [4.69, 9.17) is 28.6 Å². The quantitative estimate of drug-likeness (QED) is 0.514. The van der Waals surface area contributed by atoms with Gasteiger partial charge in [0.05, 0.1) is 12.7 Å². The molecule has 12 heavy (non-hydrogen) atoms. The van der Waals surface area contributed by atoms with Crippen LogP contribution in [0.2, 0.25) is 5.15 Å². The van der Waals surface area contributed by atoms with Crippen molar-refractivity contribution in [3.8, 4) is 0 Å². The number of thiocarbonyl (C=S) groups is 1. The number of ether oxygens (including phenoxy) is 1. The second kappa shape index (κ2) is 3.78. The summed E-state index contributed by atoms with van der Waals surface area (Å²) < 4.78 is 4.82. The summed E-state index contributed by atoms with van der Waals surface area (Å²) in [5.74, 6) is 0.614. The molecule has 0 aliphatic rings. The summed E-state index contributed by atoms with van der Waals surface area (Å²) in [6.07, 6.45) is 1.55. The van der Waals surface area contributed by atoms with Crippen molar-refractivity contribution in [1.82, 2.24) is 9.97 Å². The third kappa shape index (κ3) is 1.89. The van der Waals surface area contributed by atoms with Crippen molar-refractivity contribution in [1.29, 1.82) is 0 Å². The molecular formula is C7H7ClN2OS. The molecule has 1 heterocycles. The normalized spacial score (nSPS) is 9.58. The maximum absolute atomic E-state index is 5.78. The summed E-state index contributed by atoms with van der Waals surface area (Å²) in [6, 6.07) is 0. The standard InChI is InChI=1S/C7H7ClN2OS/c1-4-9-3-5(6(8)10-4)7(12)11-2/h3H,1-2H3. The van der Waals surface area contributed by atoms with Gasteiger partial charge < -0.3 is 4.74 Å². The van der Waals surface area contributed by atoms with Crippen LogP contribution in [0.1, 0.15) is 11.4 Å². The van der Waals surface area contributed by atoms with E-state index in [0.29, 0.717) is 21.6 Å². The third-order valence-corrected chi connectivity index (χ3v) is 1.94. The second-order valence-electron chi connectivity index (χ2n) is 2.11. The van der Waals surface area contributed by atoms with E-state index >= 15 is 0 Å². The predicted octanol–water partition coefficient (Wildman–Crippen LogP) is 1.76. The van der Waals surface area contributed by atoms with Gasteiger partial charge in [-0.1, -0.05) is 11.6 Å². The summed E-state index contributed by atoms with van der Waals surface area (Å²) in [6.45, 7) is 1.76. The highest BCUT2D eigenvalue weighted by atomic mass is 35.5. The minimum atomic E-state index is 0.306. The Balaban J connectivity index is 3.09. The van der Waals surface area contributed by atoms with Gasteiger partial charge in [0.15, 0.2) is 5.05 Å². The van der Waals surface area contributed by atoms with Crippen molar-refractivity contribution >= 4 is 28.9 Å². The largest absolute Gasteiger partial charge is 0.486 e. The average Bonchev–Trinajstić information content (AvgIpc) is 2.03. The fraction of sp³-hybridized carbons (Fsp3) is 0.286. The molecule has 5 heteroatoms. The number of aromatic nitrogens is 2. The zero-order valence-electron chi connectivity index (χ0n) is 6.67. The highest BCUT2D eigenvalue weighted by molar-refractivity contribution is 7.80. The van der Waals surface area contributed by atoms with Crippen LogP contribution in [0, 0.1) is 6.92 Å². The zero-order valence-corrected chi connectivity index (χ0v) is 8.24. The van der Waals surface area contributed by atoms with E-state index < -0.39 is 0 Å². The van der Waals surface area contributed by atoms with Gasteiger partial charge in [0, 0.05) is 6.20 Å². The van der Waals surface area contributed by atoms with Crippen LogP contribution in [0.25, 0.3) is 0 Å². The lowest BCUT2D eigenvalue weighted by molar-refractivity contribution is 0.415. The SMILES string of the molecule is COC(=S)c1cnc(C)nc1Cl. The first-order valence-corrected chi connectivity index (χ1v) is 4.01. The molecule has 0 amide bonds. The van der Waals surface area contributed by atoms with Crippen molar-refractivity contribution in [2.24, 2.45) is 0 Å². The molecule has 1 aromatic rings. The van der Waals surface area contributed by atoms with E-state index in [9.17, 15) is 0 Å². The molecule has 1 aromatic heterocycles. The van der Waals surface area contributed by atoms with Gasteiger partial charge in [-0.05, 0) is 19.1 Å². The van der Waals surface area contributed by atoms with Gasteiger partial charge in [-0.3, -0.25) is 0 Å². The van der Waals surface area contributed by atoms with Gasteiger partial charge in [0.1, 0.15) is 11.0 Å². The first-order chi connectivity index (χ1) is 5.65. The van der Waals surface area contributed by atoms with E-state index in [-0.39, 0.29) is 0 Å². The van der Waals surface area contributed by atoms with Crippen molar-refractivity contribution in [2.75, 3.05) is 7.11 Å². The van der Waals surface area contributed by atoms with Crippen LogP contribution >= 0.6 is 23.8 Å². The molecule has 64 valence electrons. The maximum atomic E-state index is 5.78. The Kier molecular flexibility index (Phi) is 2.94. The molecule has 1 rings (SSSR count). The zero-order chi connectivity index (χ0) is 9.14. The number of aryl methyl sites for hydroxylation is 1. The summed E-state index contributed by atoms with van der Waals surface area (Å²) in [7, 11) is 1.48. The molecular weight excluding hydrogens is 196 g/mol. The van der Waals surface area contributed by atoms with E-state index in [1.807, 2.05) is 0 Å². The topological polar surface area (TPSA) is 35.0 Å². The van der Waals surface area contributed by atoms with E-state index in [2.05, 4.69) is 9.97 Å². The molecule has 0 saturated carbocycles. The van der Waals surface area contributed by atoms with Gasteiger partial charge >= 0.3 is 0 Å². The van der Waals surface area contributed by atoms with E-state index in [1.54, 1.807) is 13.1 Å². The summed E-state index contributed by atoms with van der Waals surface area (Å²) >= 11 is 10.7. The Morgan fingerprint density at radius 1 is 1.67 bits per heavy atom. The third-order valence-electron chi connectivity index (χ3n) is 1.27. The fourth-order valence-electron chi connectivity index (χ4n) is 0.689. The van der Waals surface area contributed by atoms with Crippen LogP contribution in [0.5, 0.6) is 0 Å². The summed E-state index contributed by atoms with van der Waals surface area (Å²) in [5.41, 5.74) is 0.555. The minimum absolute atomic E-state index is 0.306. The minimum Gasteiger partial charge on any atom is -0.486 e. The van der Waals surface area contributed by atoms with Gasteiger partial charge in [-0.25, -0.2) is 9.97 Å². The Bertz CT molecular complexity index is 316. The molecule has 0 aromatic carbocycles. The molecule has 0 aliphatic heterocycles. The number of hydrogen-bond acceptors (Lipinski definition) is 4. The average molecular weight is 203 g/mol. The van der Waals surface area contributed by atoms with E-state index in [1.165, 1.54) is 7.11 Å². The molecule has 0 saturated heterocycles. The lowest BCUT2D eigenvalue weighted by Gasteiger charge is -2.03. The molecule has 0 atom stereocenters. The second-order valence-corrected chi connectivity index (χ2v) is 2.84. The van der Waals surface area contributed by atoms with E-state index in [0.717, 1.165) is 0 Å². The Morgan fingerprint density at radius 2 is 2.33 bits per heavy atom. The lowest BCUT2D eigenvalue weighted by Crippen LogP contribution is -2.03. The first-order valence-electron chi connectivity index (χ1n) is 3.22. The molecule has 0 spiro atoms. The van der Waals surface area contributed by atoms with Crippen molar-refractivity contribution < 1.29 is 4.74 Å². The molecule has 3 nitrogen and oxygen atoms in total. The fourth-order valence-corrected chi connectivity index (χ4v) is 1.15. The highest BCUT2D eigenvalue weighted by Gasteiger charge is 2.07. The maximum Gasteiger partial charge on any atom is 0.195 e. The van der Waals surface area contributed by atoms with Gasteiger partial charge in [0.2, 0.25) is 0 Å². The molecule has 0 unspecified atom stereocenters. The number of methoxy groups -OCH3 is 1. The van der Waals surface area contributed by atoms with Crippen molar-refractivity contribution in [2.45, 2.75) is 6.92 Å². The van der Waals surface area contributed by atoms with Crippen LogP contribution in [0.15, 0.2) is 6.20 Å². The van der Waals surface area contributed by atoms with Crippen LogP contribution in [0.4, 0.5) is 0 Å². The van der Waals surface area contributed by atoms with Crippen LogP contribution < -0.4 is 0 Å². The lowest BCUT2D eigenvalue weighted by atomic mass is 10.3. The predicted molar refractivity (Wildman–Crippen MR) is 50.5 cm³/mol. The van der Waals surface area contributed by atoms with Crippen molar-refractivity contribution in [3.05, 3.63) is 22.7 Å². The van der Waals surface area contributed by atoms with Crippen LogP contribution in [-0.2, 0) is 4.74 Å². The van der Waals surface area contributed by atoms with Crippen LogP contribution in [-0.4, -0.2) is 22.1 Å². The first kappa shape index (κ1) is 9.35. The molecule has 0 radical (unpaired) electrons. The van der Waals surface area contributed by atoms with Gasteiger partial charge in [-0.15, -0.1) is 0 Å². The number of nitrogens with zero attached hydrogens (tertiary/aromatic N) is 2. The Labute approximate surface area is 80.7 Å². The number of rotatable bonds is 1.